The van der Waals surface area contributed by atoms with Gasteiger partial charge in [-0.3, -0.25) is 4.79 Å². The van der Waals surface area contributed by atoms with Crippen molar-refractivity contribution in [2.24, 2.45) is 0 Å². The van der Waals surface area contributed by atoms with Crippen LogP contribution in [0.5, 0.6) is 0 Å². The van der Waals surface area contributed by atoms with Crippen LogP contribution in [0.4, 0.5) is 19.0 Å². The number of hydrogen-bond acceptors (Lipinski definition) is 4. The van der Waals surface area contributed by atoms with Crippen LogP contribution in [0.1, 0.15) is 40.3 Å². The van der Waals surface area contributed by atoms with Crippen LogP contribution < -0.4 is 10.6 Å². The third-order valence-corrected chi connectivity index (χ3v) is 4.95. The van der Waals surface area contributed by atoms with E-state index in [1.807, 2.05) is 0 Å². The molecule has 0 radical (unpaired) electrons. The van der Waals surface area contributed by atoms with Crippen molar-refractivity contribution >= 4 is 23.3 Å². The number of carbonyl (C=O) groups excluding carboxylic acids is 1. The predicted molar refractivity (Wildman–Crippen MR) is 99.6 cm³/mol. The highest BCUT2D eigenvalue weighted by atomic mass is 35.5. The Morgan fingerprint density at radius 1 is 1.31 bits per heavy atom. The van der Waals surface area contributed by atoms with E-state index in [1.54, 1.807) is 36.4 Å². The number of nitrogens with one attached hydrogen (secondary N) is 2. The minimum Gasteiger partial charge on any atom is -0.467 e. The molecule has 0 spiro atoms. The van der Waals surface area contributed by atoms with E-state index in [9.17, 15) is 18.0 Å². The third-order valence-electron chi connectivity index (χ3n) is 4.70. The Hall–Kier alpha value is -2.94. The van der Waals surface area contributed by atoms with E-state index >= 15 is 0 Å². The lowest BCUT2D eigenvalue weighted by molar-refractivity contribution is -0.173. The molecule has 1 amide bonds. The number of benzene rings is 1. The molecule has 3 heterocycles. The van der Waals surface area contributed by atoms with Gasteiger partial charge in [0, 0.05) is 17.5 Å². The molecule has 0 fully saturated rings. The second-order valence-electron chi connectivity index (χ2n) is 6.66. The number of hydrogen-bond donors (Lipinski definition) is 2. The molecule has 6 nitrogen and oxygen atoms in total. The van der Waals surface area contributed by atoms with Crippen LogP contribution in [0.3, 0.4) is 0 Å². The summed E-state index contributed by atoms with van der Waals surface area (Å²) in [5, 5.41) is 10.0. The molecule has 1 aliphatic heterocycles. The van der Waals surface area contributed by atoms with Crippen molar-refractivity contribution in [1.82, 2.24) is 15.1 Å². The zero-order valence-electron chi connectivity index (χ0n) is 14.9. The number of aromatic nitrogens is 2. The number of nitrogens with zero attached hydrogens (tertiary/aromatic N) is 2. The summed E-state index contributed by atoms with van der Waals surface area (Å²) in [5.74, 6) is 0.0622. The normalized spacial score (nSPS) is 18.8. The van der Waals surface area contributed by atoms with Crippen molar-refractivity contribution in [3.63, 3.8) is 0 Å². The lowest BCUT2D eigenvalue weighted by atomic mass is 9.97. The SMILES string of the molecule is O=C(NCc1ccco1)c1cc2n(n1)[C@@H](C(F)(F)F)C[C@H](c1ccc(Cl)cc1)N2. The van der Waals surface area contributed by atoms with Gasteiger partial charge in [0.15, 0.2) is 11.7 Å². The standard InChI is InChI=1S/C19H16ClF3N4O2/c20-12-5-3-11(4-6-12)14-8-16(19(21,22)23)27-17(25-14)9-15(26-27)18(28)24-10-13-2-1-7-29-13/h1-7,9,14,16,25H,8,10H2,(H,24,28)/t14-,16-/m1/s1. The first-order chi connectivity index (χ1) is 13.8. The largest absolute Gasteiger partial charge is 0.467 e. The molecule has 0 saturated carbocycles. The summed E-state index contributed by atoms with van der Waals surface area (Å²) < 4.78 is 47.0. The molecule has 29 heavy (non-hydrogen) atoms. The summed E-state index contributed by atoms with van der Waals surface area (Å²) in [4.78, 5) is 12.4. The van der Waals surface area contributed by atoms with Crippen molar-refractivity contribution in [3.05, 3.63) is 70.8 Å². The summed E-state index contributed by atoms with van der Waals surface area (Å²) in [7, 11) is 0. The Labute approximate surface area is 168 Å². The van der Waals surface area contributed by atoms with E-state index in [0.717, 1.165) is 4.68 Å². The van der Waals surface area contributed by atoms with E-state index in [0.29, 0.717) is 16.3 Å². The Kier molecular flexibility index (Phi) is 4.99. The quantitative estimate of drug-likeness (QED) is 0.635. The Morgan fingerprint density at radius 2 is 2.07 bits per heavy atom. The maximum atomic E-state index is 13.7. The molecule has 1 aliphatic rings. The fourth-order valence-electron chi connectivity index (χ4n) is 3.27. The highest BCUT2D eigenvalue weighted by Crippen LogP contribution is 2.43. The Morgan fingerprint density at radius 3 is 2.72 bits per heavy atom. The summed E-state index contributed by atoms with van der Waals surface area (Å²) in [5.41, 5.74) is 0.560. The zero-order chi connectivity index (χ0) is 20.6. The van der Waals surface area contributed by atoms with Crippen LogP contribution in [0.25, 0.3) is 0 Å². The second kappa shape index (κ2) is 7.47. The van der Waals surface area contributed by atoms with Crippen molar-refractivity contribution in [2.45, 2.75) is 31.2 Å². The van der Waals surface area contributed by atoms with Gasteiger partial charge in [-0.25, -0.2) is 4.68 Å². The molecule has 1 aromatic carbocycles. The van der Waals surface area contributed by atoms with E-state index in [2.05, 4.69) is 15.7 Å². The zero-order valence-corrected chi connectivity index (χ0v) is 15.7. The highest BCUT2D eigenvalue weighted by molar-refractivity contribution is 6.30. The summed E-state index contributed by atoms with van der Waals surface area (Å²) in [6, 6.07) is 8.82. The monoisotopic (exact) mass is 424 g/mol. The van der Waals surface area contributed by atoms with E-state index in [1.165, 1.54) is 12.3 Å². The molecule has 2 N–H and O–H groups in total. The fourth-order valence-corrected chi connectivity index (χ4v) is 3.40. The minimum atomic E-state index is -4.52. The van der Waals surface area contributed by atoms with Gasteiger partial charge in [-0.05, 0) is 29.8 Å². The smallest absolute Gasteiger partial charge is 0.410 e. The highest BCUT2D eigenvalue weighted by Gasteiger charge is 2.46. The third kappa shape index (κ3) is 4.09. The fraction of sp³-hybridized carbons (Fsp3) is 0.263. The van der Waals surface area contributed by atoms with Crippen LogP contribution >= 0.6 is 11.6 Å². The van der Waals surface area contributed by atoms with Crippen LogP contribution in [-0.2, 0) is 6.54 Å². The van der Waals surface area contributed by atoms with Crippen LogP contribution in [-0.4, -0.2) is 21.9 Å². The number of halogens is 4. The summed E-state index contributed by atoms with van der Waals surface area (Å²) in [6.07, 6.45) is -3.31. The molecule has 0 aliphatic carbocycles. The van der Waals surface area contributed by atoms with Gasteiger partial charge in [-0.2, -0.15) is 18.3 Å². The molecule has 0 unspecified atom stereocenters. The minimum absolute atomic E-state index is 0.106. The van der Waals surface area contributed by atoms with Gasteiger partial charge in [0.25, 0.3) is 5.91 Å². The molecule has 0 bridgehead atoms. The molecule has 152 valence electrons. The number of carbonyl (C=O) groups is 1. The van der Waals surface area contributed by atoms with E-state index in [-0.39, 0.29) is 24.5 Å². The molecule has 3 aromatic rings. The van der Waals surface area contributed by atoms with Crippen LogP contribution in [0, 0.1) is 0 Å². The maximum Gasteiger partial charge on any atom is 0.410 e. The lowest BCUT2D eigenvalue weighted by Gasteiger charge is -2.33. The molecular formula is C19H16ClF3N4O2. The van der Waals surface area contributed by atoms with Gasteiger partial charge in [0.2, 0.25) is 0 Å². The first kappa shape index (κ1) is 19.4. The molecule has 0 saturated heterocycles. The topological polar surface area (TPSA) is 72.1 Å². The van der Waals surface area contributed by atoms with Gasteiger partial charge in [-0.15, -0.1) is 0 Å². The number of alkyl halides is 3. The average Bonchev–Trinajstić information content (AvgIpc) is 3.34. The van der Waals surface area contributed by atoms with Crippen LogP contribution in [0.15, 0.2) is 53.1 Å². The van der Waals surface area contributed by atoms with E-state index in [4.69, 9.17) is 16.0 Å². The Bertz CT molecular complexity index is 1000. The molecule has 2 atom stereocenters. The van der Waals surface area contributed by atoms with Gasteiger partial charge < -0.3 is 15.1 Å². The molecular weight excluding hydrogens is 409 g/mol. The van der Waals surface area contributed by atoms with Gasteiger partial charge in [0.1, 0.15) is 11.6 Å². The summed E-state index contributed by atoms with van der Waals surface area (Å²) in [6.45, 7) is 0.109. The van der Waals surface area contributed by atoms with Gasteiger partial charge >= 0.3 is 6.18 Å². The van der Waals surface area contributed by atoms with Crippen molar-refractivity contribution in [2.75, 3.05) is 5.32 Å². The first-order valence-electron chi connectivity index (χ1n) is 8.80. The number of fused-ring (bicyclic) bond motifs is 1. The number of rotatable bonds is 4. The number of furan rings is 1. The van der Waals surface area contributed by atoms with Crippen LogP contribution in [0.2, 0.25) is 5.02 Å². The van der Waals surface area contributed by atoms with Gasteiger partial charge in [-0.1, -0.05) is 23.7 Å². The Balaban J connectivity index is 1.59. The molecule has 2 aromatic heterocycles. The predicted octanol–water partition coefficient (Wildman–Crippen LogP) is 4.72. The van der Waals surface area contributed by atoms with Crippen molar-refractivity contribution in [3.8, 4) is 0 Å². The first-order valence-corrected chi connectivity index (χ1v) is 9.18. The number of anilines is 1. The van der Waals surface area contributed by atoms with Gasteiger partial charge in [0.05, 0.1) is 18.8 Å². The lowest BCUT2D eigenvalue weighted by Crippen LogP contribution is -2.35. The van der Waals surface area contributed by atoms with Crippen molar-refractivity contribution in [1.29, 1.82) is 0 Å². The molecule has 4 rings (SSSR count). The molecule has 10 heteroatoms. The van der Waals surface area contributed by atoms with E-state index < -0.39 is 24.2 Å². The maximum absolute atomic E-state index is 13.7. The number of amides is 1. The van der Waals surface area contributed by atoms with Crippen molar-refractivity contribution < 1.29 is 22.4 Å². The second-order valence-corrected chi connectivity index (χ2v) is 7.10. The average molecular weight is 425 g/mol. The summed E-state index contributed by atoms with van der Waals surface area (Å²) >= 11 is 5.87.